The molecule has 0 aliphatic carbocycles. The predicted molar refractivity (Wildman–Crippen MR) is 129 cm³/mol. The number of para-hydroxylation sites is 3. The van der Waals surface area contributed by atoms with Crippen LogP contribution < -0.4 is 5.43 Å². The molecule has 4 rings (SSSR count). The highest BCUT2D eigenvalue weighted by Crippen LogP contribution is 2.25. The number of rotatable bonds is 7. The van der Waals surface area contributed by atoms with Crippen LogP contribution in [0.3, 0.4) is 0 Å². The molecule has 0 saturated heterocycles. The number of carbonyl (C=O) groups excluding carboxylic acids is 1. The zero-order chi connectivity index (χ0) is 22.5. The van der Waals surface area contributed by atoms with Crippen LogP contribution in [0.1, 0.15) is 18.1 Å². The van der Waals surface area contributed by atoms with Crippen LogP contribution in [-0.2, 0) is 11.3 Å². The van der Waals surface area contributed by atoms with Gasteiger partial charge in [0.15, 0.2) is 5.16 Å². The van der Waals surface area contributed by atoms with E-state index in [2.05, 4.69) is 15.1 Å². The first-order valence-electron chi connectivity index (χ1n) is 9.95. The highest BCUT2D eigenvalue weighted by Gasteiger charge is 2.13. The van der Waals surface area contributed by atoms with Crippen LogP contribution in [0.5, 0.6) is 5.75 Å². The van der Waals surface area contributed by atoms with Crippen molar-refractivity contribution in [3.05, 3.63) is 88.9 Å². The van der Waals surface area contributed by atoms with Gasteiger partial charge < -0.3 is 9.67 Å². The Morgan fingerprint density at radius 3 is 2.59 bits per heavy atom. The van der Waals surface area contributed by atoms with Crippen LogP contribution in [0.4, 0.5) is 0 Å². The van der Waals surface area contributed by atoms with Crippen LogP contribution in [-0.4, -0.2) is 32.0 Å². The minimum absolute atomic E-state index is 0.119. The molecule has 162 valence electrons. The number of amides is 1. The molecule has 0 spiro atoms. The molecule has 1 heterocycles. The van der Waals surface area contributed by atoms with Crippen LogP contribution in [0, 0.1) is 0 Å². The van der Waals surface area contributed by atoms with Gasteiger partial charge in [-0.2, -0.15) is 5.10 Å². The number of aromatic nitrogens is 2. The third-order valence-corrected chi connectivity index (χ3v) is 6.08. The zero-order valence-corrected chi connectivity index (χ0v) is 18.9. The summed E-state index contributed by atoms with van der Waals surface area (Å²) in [5.74, 6) is 0.0183. The van der Waals surface area contributed by atoms with Gasteiger partial charge in [-0.25, -0.2) is 10.4 Å². The first kappa shape index (κ1) is 21.9. The largest absolute Gasteiger partial charge is 0.507 e. The van der Waals surface area contributed by atoms with Crippen molar-refractivity contribution in [1.29, 1.82) is 0 Å². The summed E-state index contributed by atoms with van der Waals surface area (Å²) >= 11 is 7.36. The van der Waals surface area contributed by atoms with E-state index in [9.17, 15) is 9.90 Å². The summed E-state index contributed by atoms with van der Waals surface area (Å²) in [6.45, 7) is 2.35. The van der Waals surface area contributed by atoms with Crippen molar-refractivity contribution in [2.75, 3.05) is 5.75 Å². The molecule has 0 radical (unpaired) electrons. The van der Waals surface area contributed by atoms with Crippen molar-refractivity contribution in [2.24, 2.45) is 5.10 Å². The molecule has 2 N–H and O–H groups in total. The maximum atomic E-state index is 12.4. The van der Waals surface area contributed by atoms with Crippen LogP contribution in [0.2, 0.25) is 5.02 Å². The summed E-state index contributed by atoms with van der Waals surface area (Å²) in [7, 11) is 0. The lowest BCUT2D eigenvalue weighted by atomic mass is 10.1. The molecule has 0 unspecified atom stereocenters. The maximum Gasteiger partial charge on any atom is 0.250 e. The van der Waals surface area contributed by atoms with Gasteiger partial charge in [-0.05, 0) is 48.9 Å². The van der Waals surface area contributed by atoms with E-state index in [1.54, 1.807) is 31.2 Å². The van der Waals surface area contributed by atoms with Crippen molar-refractivity contribution in [3.8, 4) is 5.75 Å². The minimum Gasteiger partial charge on any atom is -0.507 e. The van der Waals surface area contributed by atoms with Crippen LogP contribution in [0.15, 0.2) is 83.1 Å². The number of nitrogens with one attached hydrogen (secondary N) is 1. The number of hydrazone groups is 1. The molecule has 1 amide bonds. The van der Waals surface area contributed by atoms with E-state index in [0.29, 0.717) is 22.8 Å². The summed E-state index contributed by atoms with van der Waals surface area (Å²) in [4.78, 5) is 17.1. The number of phenols is 1. The lowest BCUT2D eigenvalue weighted by Gasteiger charge is -2.09. The number of benzene rings is 3. The fourth-order valence-corrected chi connectivity index (χ4v) is 4.17. The van der Waals surface area contributed by atoms with E-state index in [-0.39, 0.29) is 17.4 Å². The van der Waals surface area contributed by atoms with E-state index in [1.165, 1.54) is 11.8 Å². The second kappa shape index (κ2) is 9.89. The monoisotopic (exact) mass is 464 g/mol. The van der Waals surface area contributed by atoms with Gasteiger partial charge >= 0.3 is 0 Å². The SMILES string of the molecule is C/C(=N\NC(=O)CSc1nc2ccccc2n1Cc1ccc(Cl)cc1)c1ccccc1O. The number of aromatic hydroxyl groups is 1. The van der Waals surface area contributed by atoms with Crippen molar-refractivity contribution < 1.29 is 9.90 Å². The molecule has 1 aromatic heterocycles. The number of halogens is 1. The average Bonchev–Trinajstić information content (AvgIpc) is 3.15. The summed E-state index contributed by atoms with van der Waals surface area (Å²) in [6, 6.07) is 22.4. The standard InChI is InChI=1S/C24H21ClN4O2S/c1-16(19-6-2-5-9-22(19)30)27-28-23(31)15-32-24-26-20-7-3-4-8-21(20)29(24)14-17-10-12-18(25)13-11-17/h2-13,30H,14-15H2,1H3,(H,28,31)/b27-16+. The Morgan fingerprint density at radius 1 is 1.09 bits per heavy atom. The Morgan fingerprint density at radius 2 is 1.81 bits per heavy atom. The van der Waals surface area contributed by atoms with Gasteiger partial charge in [0, 0.05) is 10.6 Å². The lowest BCUT2D eigenvalue weighted by Crippen LogP contribution is -2.21. The van der Waals surface area contributed by atoms with Gasteiger partial charge in [0.2, 0.25) is 0 Å². The molecule has 3 aromatic carbocycles. The maximum absolute atomic E-state index is 12.4. The Bertz CT molecular complexity index is 1280. The molecule has 0 saturated carbocycles. The number of nitrogens with zero attached hydrogens (tertiary/aromatic N) is 3. The first-order valence-corrected chi connectivity index (χ1v) is 11.3. The Hall–Kier alpha value is -3.29. The number of thioether (sulfide) groups is 1. The zero-order valence-electron chi connectivity index (χ0n) is 17.3. The third-order valence-electron chi connectivity index (χ3n) is 4.85. The van der Waals surface area contributed by atoms with Crippen molar-refractivity contribution in [3.63, 3.8) is 0 Å². The average molecular weight is 465 g/mol. The number of fused-ring (bicyclic) bond motifs is 1. The molecule has 6 nitrogen and oxygen atoms in total. The van der Waals surface area contributed by atoms with E-state index < -0.39 is 0 Å². The smallest absolute Gasteiger partial charge is 0.250 e. The molecule has 4 aromatic rings. The summed E-state index contributed by atoms with van der Waals surface area (Å²) in [5, 5.41) is 15.5. The summed E-state index contributed by atoms with van der Waals surface area (Å²) in [6.07, 6.45) is 0. The van der Waals surface area contributed by atoms with Gasteiger partial charge in [-0.3, -0.25) is 4.79 Å². The normalized spacial score (nSPS) is 11.6. The third kappa shape index (κ3) is 5.12. The molecule has 8 heteroatoms. The van der Waals surface area contributed by atoms with E-state index in [0.717, 1.165) is 21.8 Å². The Kier molecular flexibility index (Phi) is 6.78. The number of carbonyl (C=O) groups is 1. The van der Waals surface area contributed by atoms with Crippen molar-refractivity contribution in [1.82, 2.24) is 15.0 Å². The number of hydrogen-bond acceptors (Lipinski definition) is 5. The predicted octanol–water partition coefficient (Wildman–Crippen LogP) is 5.08. The summed E-state index contributed by atoms with van der Waals surface area (Å²) < 4.78 is 2.09. The second-order valence-electron chi connectivity index (χ2n) is 7.13. The minimum atomic E-state index is -0.255. The number of phenolic OH excluding ortho intramolecular Hbond substituents is 1. The van der Waals surface area contributed by atoms with Crippen LogP contribution >= 0.6 is 23.4 Å². The molecule has 0 bridgehead atoms. The second-order valence-corrected chi connectivity index (χ2v) is 8.51. The van der Waals surface area contributed by atoms with E-state index in [1.807, 2.05) is 48.5 Å². The van der Waals surface area contributed by atoms with Gasteiger partial charge in [0.05, 0.1) is 29.0 Å². The molecule has 0 fully saturated rings. The first-order chi connectivity index (χ1) is 15.5. The fraction of sp³-hybridized carbons (Fsp3) is 0.125. The summed E-state index contributed by atoms with van der Waals surface area (Å²) in [5.41, 5.74) is 6.61. The van der Waals surface area contributed by atoms with Gasteiger partial charge in [-0.1, -0.05) is 59.8 Å². The van der Waals surface area contributed by atoms with E-state index >= 15 is 0 Å². The van der Waals surface area contributed by atoms with Crippen molar-refractivity contribution in [2.45, 2.75) is 18.6 Å². The highest BCUT2D eigenvalue weighted by atomic mass is 35.5. The lowest BCUT2D eigenvalue weighted by molar-refractivity contribution is -0.118. The molecular formula is C24H21ClN4O2S. The molecule has 0 aliphatic heterocycles. The number of hydrogen-bond donors (Lipinski definition) is 2. The fourth-order valence-electron chi connectivity index (χ4n) is 3.24. The topological polar surface area (TPSA) is 79.5 Å². The van der Waals surface area contributed by atoms with E-state index in [4.69, 9.17) is 16.6 Å². The number of imidazole rings is 1. The van der Waals surface area contributed by atoms with Crippen molar-refractivity contribution >= 4 is 46.0 Å². The van der Waals surface area contributed by atoms with Gasteiger partial charge in [0.25, 0.3) is 5.91 Å². The molecule has 0 atom stereocenters. The molecule has 32 heavy (non-hydrogen) atoms. The van der Waals surface area contributed by atoms with Gasteiger partial charge in [-0.15, -0.1) is 0 Å². The van der Waals surface area contributed by atoms with Gasteiger partial charge in [0.1, 0.15) is 5.75 Å². The Balaban J connectivity index is 1.48. The Labute approximate surface area is 194 Å². The highest BCUT2D eigenvalue weighted by molar-refractivity contribution is 7.99. The molecular weight excluding hydrogens is 444 g/mol. The quantitative estimate of drug-likeness (QED) is 0.227. The molecule has 0 aliphatic rings. The van der Waals surface area contributed by atoms with Crippen LogP contribution in [0.25, 0.3) is 11.0 Å².